The Morgan fingerprint density at radius 1 is 1.13 bits per heavy atom. The number of nitrogens with zero attached hydrogens (tertiary/aromatic N) is 1. The molecule has 1 aliphatic rings. The standard InChI is InChI=1S/C22H21N3O4S/c1-28-17-10-14(8-9-16(17)29-12-13-6-4-3-5-7-13)15-11-18(26)23-20-19(15)21(27)25-22(24-20)30-2/h3-10,15H,11-12H2,1-2H3,(H2,23,24,25,26,27). The van der Waals surface area contributed by atoms with Crippen molar-refractivity contribution in [3.8, 4) is 11.5 Å². The lowest BCUT2D eigenvalue weighted by Crippen LogP contribution is -2.31. The molecule has 0 saturated heterocycles. The molecule has 2 N–H and O–H groups in total. The van der Waals surface area contributed by atoms with Crippen LogP contribution in [0.4, 0.5) is 5.82 Å². The van der Waals surface area contributed by atoms with Gasteiger partial charge in [-0.25, -0.2) is 4.98 Å². The number of aromatic amines is 1. The number of carbonyl (C=O) groups excluding carboxylic acids is 1. The van der Waals surface area contributed by atoms with Gasteiger partial charge in [0.1, 0.15) is 12.4 Å². The molecule has 4 rings (SSSR count). The number of H-pyrrole nitrogens is 1. The smallest absolute Gasteiger partial charge is 0.257 e. The largest absolute Gasteiger partial charge is 0.493 e. The van der Waals surface area contributed by atoms with Gasteiger partial charge in [-0.2, -0.15) is 0 Å². The fourth-order valence-electron chi connectivity index (χ4n) is 3.49. The predicted molar refractivity (Wildman–Crippen MR) is 115 cm³/mol. The number of thioether (sulfide) groups is 1. The number of amides is 1. The Bertz CT molecular complexity index is 1130. The van der Waals surface area contributed by atoms with Gasteiger partial charge >= 0.3 is 0 Å². The normalized spacial score (nSPS) is 15.3. The number of hydrogen-bond acceptors (Lipinski definition) is 6. The van der Waals surface area contributed by atoms with Crippen LogP contribution in [0.5, 0.6) is 11.5 Å². The molecule has 2 heterocycles. The van der Waals surface area contributed by atoms with Crippen LogP contribution in [0, 0.1) is 0 Å². The first kappa shape index (κ1) is 20.0. The van der Waals surface area contributed by atoms with Gasteiger partial charge in [-0.15, -0.1) is 0 Å². The van der Waals surface area contributed by atoms with Gasteiger partial charge in [0.05, 0.1) is 12.7 Å². The summed E-state index contributed by atoms with van der Waals surface area (Å²) in [5.41, 5.74) is 2.04. The van der Waals surface area contributed by atoms with Crippen molar-refractivity contribution in [2.45, 2.75) is 24.1 Å². The number of hydrogen-bond donors (Lipinski definition) is 2. The fourth-order valence-corrected chi connectivity index (χ4v) is 3.86. The van der Waals surface area contributed by atoms with Crippen LogP contribution in [-0.4, -0.2) is 29.2 Å². The van der Waals surface area contributed by atoms with Crippen LogP contribution in [0.2, 0.25) is 0 Å². The van der Waals surface area contributed by atoms with Gasteiger partial charge in [-0.1, -0.05) is 48.2 Å². The number of ether oxygens (including phenoxy) is 2. The lowest BCUT2D eigenvalue weighted by Gasteiger charge is -2.25. The van der Waals surface area contributed by atoms with Crippen molar-refractivity contribution in [2.24, 2.45) is 0 Å². The number of nitrogens with one attached hydrogen (secondary N) is 2. The van der Waals surface area contributed by atoms with E-state index in [0.717, 1.165) is 11.1 Å². The molecule has 2 aromatic carbocycles. The summed E-state index contributed by atoms with van der Waals surface area (Å²) in [5.74, 6) is 0.850. The van der Waals surface area contributed by atoms with Crippen LogP contribution < -0.4 is 20.3 Å². The summed E-state index contributed by atoms with van der Waals surface area (Å²) in [5, 5.41) is 3.17. The summed E-state index contributed by atoms with van der Waals surface area (Å²) in [4.78, 5) is 32.1. The highest BCUT2D eigenvalue weighted by Crippen LogP contribution is 2.38. The number of aromatic nitrogens is 2. The van der Waals surface area contributed by atoms with E-state index in [9.17, 15) is 9.59 Å². The Labute approximate surface area is 177 Å². The Balaban J connectivity index is 1.66. The van der Waals surface area contributed by atoms with E-state index in [0.29, 0.717) is 34.6 Å². The molecule has 0 aliphatic carbocycles. The van der Waals surface area contributed by atoms with Gasteiger partial charge in [0.15, 0.2) is 16.7 Å². The second-order valence-corrected chi connectivity index (χ2v) is 7.62. The molecular weight excluding hydrogens is 402 g/mol. The summed E-state index contributed by atoms with van der Waals surface area (Å²) in [7, 11) is 1.56. The Kier molecular flexibility index (Phi) is 5.76. The second-order valence-electron chi connectivity index (χ2n) is 6.83. The van der Waals surface area contributed by atoms with Crippen molar-refractivity contribution in [2.75, 3.05) is 18.7 Å². The SMILES string of the molecule is COc1cc(C2CC(=O)Nc3nc(SC)[nH]c(=O)c32)ccc1OCc1ccccc1. The zero-order valence-corrected chi connectivity index (χ0v) is 17.4. The van der Waals surface area contributed by atoms with E-state index < -0.39 is 5.92 Å². The maximum absolute atomic E-state index is 12.7. The first-order valence-corrected chi connectivity index (χ1v) is 10.6. The molecule has 7 nitrogen and oxygen atoms in total. The number of fused-ring (bicyclic) bond motifs is 1. The first-order valence-electron chi connectivity index (χ1n) is 9.41. The van der Waals surface area contributed by atoms with Gasteiger partial charge in [0.25, 0.3) is 5.56 Å². The average Bonchev–Trinajstić information content (AvgIpc) is 2.77. The van der Waals surface area contributed by atoms with Gasteiger partial charge in [0, 0.05) is 12.3 Å². The van der Waals surface area contributed by atoms with E-state index in [1.165, 1.54) is 11.8 Å². The van der Waals surface area contributed by atoms with Crippen LogP contribution in [-0.2, 0) is 11.4 Å². The average molecular weight is 423 g/mol. The van der Waals surface area contributed by atoms with E-state index in [1.54, 1.807) is 13.2 Å². The van der Waals surface area contributed by atoms with Crippen molar-refractivity contribution in [1.29, 1.82) is 0 Å². The molecule has 0 spiro atoms. The Morgan fingerprint density at radius 3 is 2.67 bits per heavy atom. The molecular formula is C22H21N3O4S. The molecule has 154 valence electrons. The highest BCUT2D eigenvalue weighted by molar-refractivity contribution is 7.98. The monoisotopic (exact) mass is 423 g/mol. The van der Waals surface area contributed by atoms with Crippen LogP contribution in [0.15, 0.2) is 58.5 Å². The molecule has 0 radical (unpaired) electrons. The van der Waals surface area contributed by atoms with Crippen LogP contribution in [0.3, 0.4) is 0 Å². The van der Waals surface area contributed by atoms with Crippen LogP contribution >= 0.6 is 11.8 Å². The lowest BCUT2D eigenvalue weighted by molar-refractivity contribution is -0.116. The first-order chi connectivity index (χ1) is 14.6. The number of rotatable bonds is 6. The predicted octanol–water partition coefficient (Wildman–Crippen LogP) is 3.55. The third kappa shape index (κ3) is 4.04. The summed E-state index contributed by atoms with van der Waals surface area (Å²) in [6.07, 6.45) is 1.97. The van der Waals surface area contributed by atoms with Crippen molar-refractivity contribution >= 4 is 23.5 Å². The van der Waals surface area contributed by atoms with Crippen LogP contribution in [0.25, 0.3) is 0 Å². The number of methoxy groups -OCH3 is 1. The number of carbonyl (C=O) groups is 1. The third-order valence-electron chi connectivity index (χ3n) is 4.95. The molecule has 1 atom stereocenters. The van der Waals surface area contributed by atoms with Gasteiger partial charge in [-0.3, -0.25) is 9.59 Å². The highest BCUT2D eigenvalue weighted by Gasteiger charge is 2.31. The van der Waals surface area contributed by atoms with Crippen LogP contribution in [0.1, 0.15) is 29.0 Å². The van der Waals surface area contributed by atoms with Crippen molar-refractivity contribution in [3.63, 3.8) is 0 Å². The van der Waals surface area contributed by atoms with Gasteiger partial charge in [0.2, 0.25) is 5.91 Å². The minimum atomic E-state index is -0.419. The molecule has 0 saturated carbocycles. The molecule has 1 aromatic heterocycles. The summed E-state index contributed by atoms with van der Waals surface area (Å²) in [6, 6.07) is 15.3. The third-order valence-corrected chi connectivity index (χ3v) is 5.53. The van der Waals surface area contributed by atoms with Gasteiger partial charge in [-0.05, 0) is 29.5 Å². The zero-order valence-electron chi connectivity index (χ0n) is 16.6. The van der Waals surface area contributed by atoms with E-state index in [1.807, 2.05) is 48.7 Å². The summed E-state index contributed by atoms with van der Waals surface area (Å²) < 4.78 is 11.4. The number of benzene rings is 2. The van der Waals surface area contributed by atoms with E-state index in [2.05, 4.69) is 15.3 Å². The molecule has 30 heavy (non-hydrogen) atoms. The second kappa shape index (κ2) is 8.62. The molecule has 1 unspecified atom stereocenters. The highest BCUT2D eigenvalue weighted by atomic mass is 32.2. The van der Waals surface area contributed by atoms with Crippen molar-refractivity contribution in [1.82, 2.24) is 9.97 Å². The van der Waals surface area contributed by atoms with E-state index >= 15 is 0 Å². The van der Waals surface area contributed by atoms with Gasteiger partial charge < -0.3 is 19.8 Å². The molecule has 8 heteroatoms. The van der Waals surface area contributed by atoms with E-state index in [4.69, 9.17) is 9.47 Å². The zero-order chi connectivity index (χ0) is 21.1. The minimum absolute atomic E-state index is 0.156. The molecule has 3 aromatic rings. The Hall–Kier alpha value is -3.26. The molecule has 0 bridgehead atoms. The minimum Gasteiger partial charge on any atom is -0.493 e. The van der Waals surface area contributed by atoms with Crippen molar-refractivity contribution in [3.05, 3.63) is 75.6 Å². The Morgan fingerprint density at radius 2 is 1.93 bits per heavy atom. The maximum Gasteiger partial charge on any atom is 0.257 e. The quantitative estimate of drug-likeness (QED) is 0.465. The lowest BCUT2D eigenvalue weighted by atomic mass is 9.86. The molecule has 0 fully saturated rings. The maximum atomic E-state index is 12.7. The fraction of sp³-hybridized carbons (Fsp3) is 0.227. The van der Waals surface area contributed by atoms with Crippen molar-refractivity contribution < 1.29 is 14.3 Å². The molecule has 1 amide bonds. The summed E-state index contributed by atoms with van der Waals surface area (Å²) >= 11 is 1.31. The number of anilines is 1. The summed E-state index contributed by atoms with van der Waals surface area (Å²) in [6.45, 7) is 0.409. The topological polar surface area (TPSA) is 93.3 Å². The molecule has 1 aliphatic heterocycles. The van der Waals surface area contributed by atoms with E-state index in [-0.39, 0.29) is 17.9 Å².